The highest BCUT2D eigenvalue weighted by atomic mass is 32.2. The first-order valence-electron chi connectivity index (χ1n) is 2.23. The predicted octanol–water partition coefficient (Wildman–Crippen LogP) is 1.72. The fraction of sp³-hybridized carbons (Fsp3) is 1.00. The van der Waals surface area contributed by atoms with Crippen LogP contribution >= 0.6 is 36.2 Å². The molecule has 0 aromatic carbocycles. The van der Waals surface area contributed by atoms with Crippen LogP contribution in [0.25, 0.3) is 0 Å². The maximum atomic E-state index is 4.32. The summed E-state index contributed by atoms with van der Waals surface area (Å²) in [5, 5.41) is 1.93. The van der Waals surface area contributed by atoms with Gasteiger partial charge < -0.3 is 0 Å². The van der Waals surface area contributed by atoms with Gasteiger partial charge in [0.15, 0.2) is 0 Å². The summed E-state index contributed by atoms with van der Waals surface area (Å²) in [4.78, 5) is 0. The summed E-state index contributed by atoms with van der Waals surface area (Å²) in [7, 11) is 0. The Hall–Kier alpha value is 1.05. The molecule has 1 aliphatic heterocycles. The highest BCUT2D eigenvalue weighted by molar-refractivity contribution is 8.17. The van der Waals surface area contributed by atoms with Crippen molar-refractivity contribution in [3.8, 4) is 0 Å². The summed E-state index contributed by atoms with van der Waals surface area (Å²) in [5.74, 6) is 2.49. The fourth-order valence-electron chi connectivity index (χ4n) is 0.475. The van der Waals surface area contributed by atoms with Gasteiger partial charge in [-0.1, -0.05) is 0 Å². The molecule has 1 fully saturated rings. The average Bonchev–Trinajstić information content (AvgIpc) is 1.69. The molecule has 3 heteroatoms. The van der Waals surface area contributed by atoms with Crippen LogP contribution in [0.5, 0.6) is 0 Å². The van der Waals surface area contributed by atoms with Crippen LogP contribution in [0, 0.1) is 0 Å². The van der Waals surface area contributed by atoms with E-state index in [0.29, 0.717) is 5.25 Å². The number of rotatable bonds is 0. The van der Waals surface area contributed by atoms with Gasteiger partial charge in [0.05, 0.1) is 0 Å². The van der Waals surface area contributed by atoms with E-state index in [1.807, 2.05) is 23.5 Å². The van der Waals surface area contributed by atoms with E-state index in [9.17, 15) is 0 Å². The van der Waals surface area contributed by atoms with E-state index in [1.165, 1.54) is 16.6 Å². The van der Waals surface area contributed by atoms with Gasteiger partial charge in [-0.2, -0.15) is 12.6 Å². The van der Waals surface area contributed by atoms with Crippen LogP contribution in [0.4, 0.5) is 0 Å². The molecule has 7 heavy (non-hydrogen) atoms. The Labute approximate surface area is 58.2 Å². The van der Waals surface area contributed by atoms with E-state index in [4.69, 9.17) is 0 Å². The summed E-state index contributed by atoms with van der Waals surface area (Å²) in [6.45, 7) is 0. The van der Waals surface area contributed by atoms with Crippen LogP contribution in [0.2, 0.25) is 0 Å². The Balaban J connectivity index is 2.12. The summed E-state index contributed by atoms with van der Waals surface area (Å²) < 4.78 is 0. The van der Waals surface area contributed by atoms with Crippen molar-refractivity contribution in [3.05, 3.63) is 0 Å². The van der Waals surface area contributed by atoms with Crippen LogP contribution in [0.1, 0.15) is 0 Å². The molecule has 0 atom stereocenters. The zero-order valence-corrected chi connectivity index (χ0v) is 6.49. The van der Waals surface area contributed by atoms with E-state index in [-0.39, 0.29) is 0 Å². The quantitative estimate of drug-likeness (QED) is 0.525. The van der Waals surface area contributed by atoms with Gasteiger partial charge in [-0.05, 0) is 0 Å². The zero-order chi connectivity index (χ0) is 5.11. The smallest absolute Gasteiger partial charge is 0.0392 e. The molecular formula is C4H8S3. The third kappa shape index (κ3) is 2.20. The lowest BCUT2D eigenvalue weighted by atomic mass is 10.5. The molecule has 0 aliphatic carbocycles. The van der Waals surface area contributed by atoms with Crippen molar-refractivity contribution in [1.82, 2.24) is 0 Å². The molecule has 0 spiro atoms. The average molecular weight is 152 g/mol. The van der Waals surface area contributed by atoms with Crippen molar-refractivity contribution in [1.29, 1.82) is 0 Å². The van der Waals surface area contributed by atoms with Gasteiger partial charge in [0.1, 0.15) is 0 Å². The van der Waals surface area contributed by atoms with Gasteiger partial charge in [0.2, 0.25) is 0 Å². The predicted molar refractivity (Wildman–Crippen MR) is 42.6 cm³/mol. The molecule has 1 rings (SSSR count). The number of hydrogen-bond acceptors (Lipinski definition) is 3. The minimum Gasteiger partial charge on any atom is -0.174 e. The normalized spacial score (nSPS) is 25.3. The molecule has 42 valence electrons. The van der Waals surface area contributed by atoms with Crippen molar-refractivity contribution < 1.29 is 0 Å². The number of thioether (sulfide) groups is 2. The lowest BCUT2D eigenvalue weighted by Crippen LogP contribution is -2.10. The maximum Gasteiger partial charge on any atom is 0.0392 e. The van der Waals surface area contributed by atoms with Crippen LogP contribution in [-0.2, 0) is 0 Å². The van der Waals surface area contributed by atoms with Gasteiger partial charge in [-0.25, -0.2) is 0 Å². The first-order chi connectivity index (χ1) is 3.39. The topological polar surface area (TPSA) is 0 Å². The monoisotopic (exact) mass is 152 g/mol. The SMILES string of the molecule is SC1CSCSC1. The molecule has 1 heterocycles. The van der Waals surface area contributed by atoms with Gasteiger partial charge >= 0.3 is 0 Å². The Morgan fingerprint density at radius 3 is 2.14 bits per heavy atom. The van der Waals surface area contributed by atoms with Crippen LogP contribution in [0.3, 0.4) is 0 Å². The van der Waals surface area contributed by atoms with Crippen molar-refractivity contribution >= 4 is 36.2 Å². The molecule has 0 nitrogen and oxygen atoms in total. The molecule has 0 amide bonds. The summed E-state index contributed by atoms with van der Waals surface area (Å²) in [6, 6.07) is 0. The second kappa shape index (κ2) is 3.15. The first-order valence-corrected chi connectivity index (χ1v) is 5.06. The van der Waals surface area contributed by atoms with Gasteiger partial charge in [0, 0.05) is 21.8 Å². The molecule has 0 aromatic heterocycles. The third-order valence-electron chi connectivity index (χ3n) is 0.787. The molecule has 0 saturated carbocycles. The van der Waals surface area contributed by atoms with E-state index in [1.54, 1.807) is 0 Å². The molecule has 0 unspecified atom stereocenters. The Morgan fingerprint density at radius 1 is 1.29 bits per heavy atom. The molecule has 1 aliphatic rings. The second-order valence-corrected chi connectivity index (χ2v) is 4.67. The lowest BCUT2D eigenvalue weighted by molar-refractivity contribution is 1.15. The van der Waals surface area contributed by atoms with Crippen LogP contribution in [0.15, 0.2) is 0 Å². The molecule has 0 N–H and O–H groups in total. The van der Waals surface area contributed by atoms with E-state index in [0.717, 1.165) is 0 Å². The molecule has 0 aromatic rings. The first kappa shape index (κ1) is 6.17. The van der Waals surface area contributed by atoms with E-state index >= 15 is 0 Å². The van der Waals surface area contributed by atoms with Crippen molar-refractivity contribution in [2.45, 2.75) is 5.25 Å². The van der Waals surface area contributed by atoms with E-state index in [2.05, 4.69) is 12.6 Å². The standard InChI is InChI=1S/C4H8S3/c5-4-1-6-3-7-2-4/h4-5H,1-3H2. The Morgan fingerprint density at radius 2 is 1.86 bits per heavy atom. The van der Waals surface area contributed by atoms with Gasteiger partial charge in [0.25, 0.3) is 0 Å². The van der Waals surface area contributed by atoms with Gasteiger partial charge in [-0.15, -0.1) is 23.5 Å². The maximum absolute atomic E-state index is 4.32. The summed E-state index contributed by atoms with van der Waals surface area (Å²) in [6.07, 6.45) is 0. The summed E-state index contributed by atoms with van der Waals surface area (Å²) >= 11 is 8.30. The zero-order valence-electron chi connectivity index (χ0n) is 3.96. The highest BCUT2D eigenvalue weighted by Gasteiger charge is 2.07. The Kier molecular flexibility index (Phi) is 2.78. The fourth-order valence-corrected chi connectivity index (χ4v) is 3.28. The Bertz CT molecular complexity index is 48.9. The minimum absolute atomic E-state index is 0.656. The molecule has 0 radical (unpaired) electrons. The lowest BCUT2D eigenvalue weighted by Gasteiger charge is -2.14. The highest BCUT2D eigenvalue weighted by Crippen LogP contribution is 2.23. The third-order valence-corrected chi connectivity index (χ3v) is 4.26. The van der Waals surface area contributed by atoms with Gasteiger partial charge in [-0.3, -0.25) is 0 Å². The number of thiol groups is 1. The number of hydrogen-bond donors (Lipinski definition) is 1. The van der Waals surface area contributed by atoms with Crippen LogP contribution < -0.4 is 0 Å². The second-order valence-electron chi connectivity index (χ2n) is 1.51. The van der Waals surface area contributed by atoms with E-state index < -0.39 is 0 Å². The summed E-state index contributed by atoms with van der Waals surface area (Å²) in [5.41, 5.74) is 0. The van der Waals surface area contributed by atoms with Crippen molar-refractivity contribution in [2.24, 2.45) is 0 Å². The molecule has 0 bridgehead atoms. The van der Waals surface area contributed by atoms with Crippen molar-refractivity contribution in [2.75, 3.05) is 16.6 Å². The van der Waals surface area contributed by atoms with Crippen LogP contribution in [-0.4, -0.2) is 21.8 Å². The molecular weight excluding hydrogens is 144 g/mol. The minimum atomic E-state index is 0.656. The largest absolute Gasteiger partial charge is 0.174 e. The van der Waals surface area contributed by atoms with Crippen molar-refractivity contribution in [3.63, 3.8) is 0 Å². The molecule has 1 saturated heterocycles.